The van der Waals surface area contributed by atoms with Gasteiger partial charge in [0.2, 0.25) is 5.91 Å². The average molecular weight is 313 g/mol. The molecule has 1 aromatic heterocycles. The van der Waals surface area contributed by atoms with Crippen molar-refractivity contribution in [3.63, 3.8) is 0 Å². The molecule has 0 spiro atoms. The molecule has 1 aliphatic heterocycles. The Kier molecular flexibility index (Phi) is 5.02. The summed E-state index contributed by atoms with van der Waals surface area (Å²) in [6, 6.07) is 8.71. The first-order valence-electron chi connectivity index (χ1n) is 8.19. The molecule has 3 rings (SSSR count). The predicted octanol–water partition coefficient (Wildman–Crippen LogP) is 1.40. The van der Waals surface area contributed by atoms with Crippen LogP contribution in [0.5, 0.6) is 0 Å². The quantitative estimate of drug-likeness (QED) is 0.906. The molecule has 1 unspecified atom stereocenters. The molecular weight excluding hydrogens is 290 g/mol. The maximum atomic E-state index is 12.6. The molecule has 0 aliphatic carbocycles. The van der Waals surface area contributed by atoms with Gasteiger partial charge in [-0.25, -0.2) is 4.98 Å². The zero-order valence-electron chi connectivity index (χ0n) is 13.5. The lowest BCUT2D eigenvalue weighted by molar-refractivity contribution is -0.134. The fraction of sp³-hybridized carbons (Fsp3) is 0.471. The molecule has 1 amide bonds. The van der Waals surface area contributed by atoms with Crippen LogP contribution >= 0.6 is 0 Å². The van der Waals surface area contributed by atoms with Gasteiger partial charge in [-0.15, -0.1) is 0 Å². The smallest absolute Gasteiger partial charge is 0.225 e. The van der Waals surface area contributed by atoms with Crippen LogP contribution in [0.15, 0.2) is 36.9 Å². The van der Waals surface area contributed by atoms with E-state index in [2.05, 4.69) is 46.6 Å². The number of carbonyl (C=O) groups excluding carboxylic acids is 1. The molecule has 1 atom stereocenters. The number of hydrogen-bond acceptors (Lipinski definition) is 4. The van der Waals surface area contributed by atoms with E-state index in [-0.39, 0.29) is 11.9 Å². The number of carbonyl (C=O) groups is 1. The van der Waals surface area contributed by atoms with Gasteiger partial charge in [0.05, 0.1) is 12.6 Å². The Morgan fingerprint density at radius 3 is 2.87 bits per heavy atom. The van der Waals surface area contributed by atoms with Crippen molar-refractivity contribution >= 4 is 5.91 Å². The summed E-state index contributed by atoms with van der Waals surface area (Å²) in [5, 5.41) is 7.45. The fourth-order valence-corrected chi connectivity index (χ4v) is 2.98. The molecule has 0 radical (unpaired) electrons. The minimum atomic E-state index is 0.109. The summed E-state index contributed by atoms with van der Waals surface area (Å²) in [4.78, 5) is 18.5. The summed E-state index contributed by atoms with van der Waals surface area (Å²) < 4.78 is 1.70. The second-order valence-corrected chi connectivity index (χ2v) is 5.81. The van der Waals surface area contributed by atoms with Crippen LogP contribution in [0.4, 0.5) is 0 Å². The molecule has 1 saturated heterocycles. The topological polar surface area (TPSA) is 63.1 Å². The molecule has 6 nitrogen and oxygen atoms in total. The lowest BCUT2D eigenvalue weighted by atomic mass is 10.0. The van der Waals surface area contributed by atoms with Crippen molar-refractivity contribution in [3.05, 3.63) is 48.0 Å². The number of aryl methyl sites for hydroxylation is 2. The van der Waals surface area contributed by atoms with Crippen LogP contribution in [-0.2, 0) is 17.8 Å². The van der Waals surface area contributed by atoms with Gasteiger partial charge in [-0.2, -0.15) is 5.10 Å². The van der Waals surface area contributed by atoms with Gasteiger partial charge < -0.3 is 10.2 Å². The summed E-state index contributed by atoms with van der Waals surface area (Å²) >= 11 is 0. The van der Waals surface area contributed by atoms with Crippen LogP contribution in [0, 0.1) is 0 Å². The Balaban J connectivity index is 1.68. The molecule has 2 heterocycles. The molecule has 23 heavy (non-hydrogen) atoms. The molecule has 122 valence electrons. The standard InChI is InChI=1S/C17H23N5O/c1-2-14-3-5-15(6-4-14)16-11-18-8-10-22(16)17(23)7-9-21-13-19-12-20-21/h3-6,12-13,16,18H,2,7-11H2,1H3. The van der Waals surface area contributed by atoms with Gasteiger partial charge >= 0.3 is 0 Å². The van der Waals surface area contributed by atoms with Crippen molar-refractivity contribution in [2.24, 2.45) is 0 Å². The third kappa shape index (κ3) is 3.76. The molecular formula is C17H23N5O. The summed E-state index contributed by atoms with van der Waals surface area (Å²) in [5.74, 6) is 0.173. The van der Waals surface area contributed by atoms with E-state index in [9.17, 15) is 4.79 Å². The number of hydrogen-bond donors (Lipinski definition) is 1. The van der Waals surface area contributed by atoms with E-state index in [1.165, 1.54) is 17.5 Å². The van der Waals surface area contributed by atoms with Crippen molar-refractivity contribution < 1.29 is 4.79 Å². The van der Waals surface area contributed by atoms with Crippen molar-refractivity contribution in [1.29, 1.82) is 0 Å². The molecule has 1 fully saturated rings. The number of nitrogens with one attached hydrogen (secondary N) is 1. The Labute approximate surface area is 136 Å². The SMILES string of the molecule is CCc1ccc(C2CNCCN2C(=O)CCn2cncn2)cc1. The first kappa shape index (κ1) is 15.7. The van der Waals surface area contributed by atoms with E-state index in [1.54, 1.807) is 11.0 Å². The lowest BCUT2D eigenvalue weighted by Gasteiger charge is -2.36. The summed E-state index contributed by atoms with van der Waals surface area (Å²) in [6.45, 7) is 5.12. The van der Waals surface area contributed by atoms with Crippen LogP contribution < -0.4 is 5.32 Å². The third-order valence-electron chi connectivity index (χ3n) is 4.36. The first-order valence-corrected chi connectivity index (χ1v) is 8.19. The molecule has 1 N–H and O–H groups in total. The van der Waals surface area contributed by atoms with Crippen LogP contribution in [0.1, 0.15) is 30.5 Å². The van der Waals surface area contributed by atoms with Crippen molar-refractivity contribution in [3.8, 4) is 0 Å². The summed E-state index contributed by atoms with van der Waals surface area (Å²) in [6.07, 6.45) is 4.62. The summed E-state index contributed by atoms with van der Waals surface area (Å²) in [7, 11) is 0. The fourth-order valence-electron chi connectivity index (χ4n) is 2.98. The largest absolute Gasteiger partial charge is 0.333 e. The molecule has 6 heteroatoms. The van der Waals surface area contributed by atoms with E-state index < -0.39 is 0 Å². The van der Waals surface area contributed by atoms with Gasteiger partial charge in [-0.3, -0.25) is 9.48 Å². The van der Waals surface area contributed by atoms with Gasteiger partial charge in [-0.05, 0) is 17.5 Å². The van der Waals surface area contributed by atoms with E-state index in [1.807, 2.05) is 4.90 Å². The van der Waals surface area contributed by atoms with Crippen LogP contribution in [0.25, 0.3) is 0 Å². The number of aromatic nitrogens is 3. The zero-order chi connectivity index (χ0) is 16.1. The summed E-state index contributed by atoms with van der Waals surface area (Å²) in [5.41, 5.74) is 2.52. The minimum Gasteiger partial charge on any atom is -0.333 e. The zero-order valence-corrected chi connectivity index (χ0v) is 13.5. The molecule has 2 aromatic rings. The minimum absolute atomic E-state index is 0.109. The lowest BCUT2D eigenvalue weighted by Crippen LogP contribution is -2.48. The van der Waals surface area contributed by atoms with Crippen molar-refractivity contribution in [2.45, 2.75) is 32.4 Å². The van der Waals surface area contributed by atoms with E-state index in [0.29, 0.717) is 13.0 Å². The average Bonchev–Trinajstić information content (AvgIpc) is 3.13. The Hall–Kier alpha value is -2.21. The van der Waals surface area contributed by atoms with Gasteiger partial charge in [-0.1, -0.05) is 31.2 Å². The highest BCUT2D eigenvalue weighted by Crippen LogP contribution is 2.23. The predicted molar refractivity (Wildman–Crippen MR) is 87.8 cm³/mol. The van der Waals surface area contributed by atoms with Gasteiger partial charge in [0.1, 0.15) is 12.7 Å². The maximum Gasteiger partial charge on any atom is 0.225 e. The van der Waals surface area contributed by atoms with Crippen molar-refractivity contribution in [2.75, 3.05) is 19.6 Å². The van der Waals surface area contributed by atoms with Crippen LogP contribution in [0.2, 0.25) is 0 Å². The highest BCUT2D eigenvalue weighted by Gasteiger charge is 2.27. The highest BCUT2D eigenvalue weighted by atomic mass is 16.2. The Bertz CT molecular complexity index is 623. The van der Waals surface area contributed by atoms with E-state index in [4.69, 9.17) is 0 Å². The van der Waals surface area contributed by atoms with Gasteiger partial charge in [0.25, 0.3) is 0 Å². The normalized spacial score (nSPS) is 18.1. The monoisotopic (exact) mass is 313 g/mol. The second kappa shape index (κ2) is 7.37. The first-order chi connectivity index (χ1) is 11.3. The number of nitrogens with zero attached hydrogens (tertiary/aromatic N) is 4. The van der Waals surface area contributed by atoms with E-state index >= 15 is 0 Å². The molecule has 0 saturated carbocycles. The maximum absolute atomic E-state index is 12.6. The van der Waals surface area contributed by atoms with Crippen LogP contribution in [0.3, 0.4) is 0 Å². The van der Waals surface area contributed by atoms with Crippen LogP contribution in [-0.4, -0.2) is 45.2 Å². The van der Waals surface area contributed by atoms with Crippen molar-refractivity contribution in [1.82, 2.24) is 25.0 Å². The third-order valence-corrected chi connectivity index (χ3v) is 4.36. The number of rotatable bonds is 5. The Morgan fingerprint density at radius 2 is 2.17 bits per heavy atom. The number of benzene rings is 1. The van der Waals surface area contributed by atoms with E-state index in [0.717, 1.165) is 26.1 Å². The molecule has 1 aliphatic rings. The van der Waals surface area contributed by atoms with Gasteiger partial charge in [0, 0.05) is 26.1 Å². The molecule has 1 aromatic carbocycles. The number of amides is 1. The molecule has 0 bridgehead atoms. The highest BCUT2D eigenvalue weighted by molar-refractivity contribution is 5.76. The second-order valence-electron chi connectivity index (χ2n) is 5.81. The van der Waals surface area contributed by atoms with Gasteiger partial charge in [0.15, 0.2) is 0 Å². The Morgan fingerprint density at radius 1 is 1.35 bits per heavy atom. The number of piperazine rings is 1.